The van der Waals surface area contributed by atoms with E-state index in [1.807, 2.05) is 18.2 Å². The first-order chi connectivity index (χ1) is 9.33. The second kappa shape index (κ2) is 6.63. The average molecular weight is 259 g/mol. The molecule has 1 amide bonds. The van der Waals surface area contributed by atoms with Crippen LogP contribution in [0.1, 0.15) is 36.5 Å². The van der Waals surface area contributed by atoms with E-state index >= 15 is 0 Å². The average Bonchev–Trinajstić information content (AvgIpc) is 2.97. The lowest BCUT2D eigenvalue weighted by atomic mass is 10.1. The van der Waals surface area contributed by atoms with Gasteiger partial charge in [0.15, 0.2) is 0 Å². The van der Waals surface area contributed by atoms with Crippen LogP contribution in [-0.4, -0.2) is 32.7 Å². The molecular weight excluding hydrogens is 242 g/mol. The van der Waals surface area contributed by atoms with Gasteiger partial charge in [-0.1, -0.05) is 31.9 Å². The molecular formula is C13H17N5O. The highest BCUT2D eigenvalue weighted by molar-refractivity contribution is 5.97. The van der Waals surface area contributed by atoms with Crippen LogP contribution in [0.4, 0.5) is 0 Å². The number of hydrogen-bond acceptors (Lipinski definition) is 4. The Kier molecular flexibility index (Phi) is 4.60. The Morgan fingerprint density at radius 3 is 2.89 bits per heavy atom. The lowest BCUT2D eigenvalue weighted by Crippen LogP contribution is -2.25. The normalized spacial score (nSPS) is 10.4. The second-order valence-corrected chi connectivity index (χ2v) is 4.23. The number of hydrogen-bond donors (Lipinski definition) is 1. The molecule has 1 aromatic heterocycles. The quantitative estimate of drug-likeness (QED) is 0.799. The number of nitrogens with zero attached hydrogens (tertiary/aromatic N) is 4. The number of amides is 1. The summed E-state index contributed by atoms with van der Waals surface area (Å²) in [5.41, 5.74) is 1.26. The molecule has 19 heavy (non-hydrogen) atoms. The molecule has 6 nitrogen and oxygen atoms in total. The van der Waals surface area contributed by atoms with E-state index in [2.05, 4.69) is 27.8 Å². The summed E-state index contributed by atoms with van der Waals surface area (Å²) in [6.07, 6.45) is 4.73. The molecule has 0 fully saturated rings. The van der Waals surface area contributed by atoms with Crippen LogP contribution in [0.25, 0.3) is 5.69 Å². The molecule has 100 valence electrons. The molecule has 1 heterocycles. The van der Waals surface area contributed by atoms with Crippen molar-refractivity contribution in [2.75, 3.05) is 6.54 Å². The summed E-state index contributed by atoms with van der Waals surface area (Å²) in [5, 5.41) is 13.9. The maximum atomic E-state index is 12.1. The summed E-state index contributed by atoms with van der Waals surface area (Å²) in [6.45, 7) is 2.82. The van der Waals surface area contributed by atoms with Crippen LogP contribution in [-0.2, 0) is 0 Å². The largest absolute Gasteiger partial charge is 0.352 e. The van der Waals surface area contributed by atoms with Gasteiger partial charge in [-0.2, -0.15) is 4.68 Å². The van der Waals surface area contributed by atoms with Gasteiger partial charge in [0.05, 0.1) is 11.3 Å². The van der Waals surface area contributed by atoms with Crippen LogP contribution in [0.15, 0.2) is 30.6 Å². The highest BCUT2D eigenvalue weighted by Crippen LogP contribution is 2.12. The minimum absolute atomic E-state index is 0.0952. The fraction of sp³-hybridized carbons (Fsp3) is 0.385. The van der Waals surface area contributed by atoms with Crippen molar-refractivity contribution in [1.29, 1.82) is 0 Å². The van der Waals surface area contributed by atoms with E-state index in [0.717, 1.165) is 19.3 Å². The zero-order valence-electron chi connectivity index (χ0n) is 10.9. The summed E-state index contributed by atoms with van der Waals surface area (Å²) in [5.74, 6) is -0.0952. The molecule has 0 radical (unpaired) electrons. The van der Waals surface area contributed by atoms with Crippen molar-refractivity contribution < 1.29 is 4.79 Å². The first-order valence-corrected chi connectivity index (χ1v) is 6.43. The summed E-state index contributed by atoms with van der Waals surface area (Å²) in [6, 6.07) is 7.27. The first kappa shape index (κ1) is 13.2. The highest BCUT2D eigenvalue weighted by Gasteiger charge is 2.12. The predicted octanol–water partition coefficient (Wildman–Crippen LogP) is 1.58. The third-order valence-electron chi connectivity index (χ3n) is 2.81. The highest BCUT2D eigenvalue weighted by atomic mass is 16.1. The predicted molar refractivity (Wildman–Crippen MR) is 71.0 cm³/mol. The Balaban J connectivity index is 2.09. The lowest BCUT2D eigenvalue weighted by molar-refractivity contribution is 0.0953. The number of aromatic nitrogens is 4. The van der Waals surface area contributed by atoms with Crippen molar-refractivity contribution in [2.45, 2.75) is 26.2 Å². The number of tetrazole rings is 1. The number of para-hydroxylation sites is 1. The third-order valence-corrected chi connectivity index (χ3v) is 2.81. The smallest absolute Gasteiger partial charge is 0.253 e. The van der Waals surface area contributed by atoms with E-state index in [9.17, 15) is 4.79 Å². The Morgan fingerprint density at radius 2 is 2.16 bits per heavy atom. The maximum Gasteiger partial charge on any atom is 0.253 e. The van der Waals surface area contributed by atoms with Crippen molar-refractivity contribution in [1.82, 2.24) is 25.5 Å². The van der Waals surface area contributed by atoms with Gasteiger partial charge in [0.2, 0.25) is 0 Å². The van der Waals surface area contributed by atoms with Gasteiger partial charge in [-0.25, -0.2) is 0 Å². The van der Waals surface area contributed by atoms with Gasteiger partial charge in [-0.05, 0) is 29.0 Å². The Bertz CT molecular complexity index is 524. The van der Waals surface area contributed by atoms with Crippen LogP contribution >= 0.6 is 0 Å². The summed E-state index contributed by atoms with van der Waals surface area (Å²) in [7, 11) is 0. The van der Waals surface area contributed by atoms with E-state index in [4.69, 9.17) is 0 Å². The Morgan fingerprint density at radius 1 is 1.32 bits per heavy atom. The van der Waals surface area contributed by atoms with Crippen LogP contribution < -0.4 is 5.32 Å². The number of carbonyl (C=O) groups is 1. The van der Waals surface area contributed by atoms with Gasteiger partial charge < -0.3 is 5.32 Å². The van der Waals surface area contributed by atoms with Crippen molar-refractivity contribution in [3.8, 4) is 5.69 Å². The second-order valence-electron chi connectivity index (χ2n) is 4.23. The van der Waals surface area contributed by atoms with Crippen LogP contribution in [0, 0.1) is 0 Å². The van der Waals surface area contributed by atoms with Gasteiger partial charge in [-0.15, -0.1) is 5.10 Å². The number of rotatable bonds is 6. The molecule has 0 aliphatic carbocycles. The lowest BCUT2D eigenvalue weighted by Gasteiger charge is -2.09. The zero-order chi connectivity index (χ0) is 13.5. The fourth-order valence-corrected chi connectivity index (χ4v) is 1.81. The summed E-state index contributed by atoms with van der Waals surface area (Å²) >= 11 is 0. The number of benzene rings is 1. The van der Waals surface area contributed by atoms with Gasteiger partial charge in [-0.3, -0.25) is 4.79 Å². The van der Waals surface area contributed by atoms with E-state index < -0.39 is 0 Å². The van der Waals surface area contributed by atoms with Crippen molar-refractivity contribution >= 4 is 5.91 Å². The molecule has 0 aliphatic rings. The molecule has 0 saturated heterocycles. The number of unbranched alkanes of at least 4 members (excludes halogenated alkanes) is 2. The topological polar surface area (TPSA) is 72.7 Å². The van der Waals surface area contributed by atoms with E-state index in [0.29, 0.717) is 17.8 Å². The van der Waals surface area contributed by atoms with E-state index in [-0.39, 0.29) is 5.91 Å². The molecule has 0 saturated carbocycles. The summed E-state index contributed by atoms with van der Waals surface area (Å²) < 4.78 is 1.49. The van der Waals surface area contributed by atoms with E-state index in [1.165, 1.54) is 11.0 Å². The van der Waals surface area contributed by atoms with Gasteiger partial charge in [0.1, 0.15) is 6.33 Å². The molecule has 2 aromatic rings. The molecule has 0 unspecified atom stereocenters. The van der Waals surface area contributed by atoms with Gasteiger partial charge in [0, 0.05) is 6.54 Å². The van der Waals surface area contributed by atoms with Crippen molar-refractivity contribution in [3.63, 3.8) is 0 Å². The van der Waals surface area contributed by atoms with Gasteiger partial charge in [0.25, 0.3) is 5.91 Å². The van der Waals surface area contributed by atoms with E-state index in [1.54, 1.807) is 6.07 Å². The van der Waals surface area contributed by atoms with Crippen molar-refractivity contribution in [3.05, 3.63) is 36.2 Å². The molecule has 0 aliphatic heterocycles. The fourth-order valence-electron chi connectivity index (χ4n) is 1.81. The minimum Gasteiger partial charge on any atom is -0.352 e. The molecule has 0 bridgehead atoms. The number of nitrogens with one attached hydrogen (secondary N) is 1. The zero-order valence-corrected chi connectivity index (χ0v) is 10.9. The minimum atomic E-state index is -0.0952. The maximum absolute atomic E-state index is 12.1. The summed E-state index contributed by atoms with van der Waals surface area (Å²) in [4.78, 5) is 12.1. The Labute approximate surface area is 111 Å². The molecule has 0 spiro atoms. The molecule has 2 rings (SSSR count). The Hall–Kier alpha value is -2.24. The van der Waals surface area contributed by atoms with Crippen LogP contribution in [0.3, 0.4) is 0 Å². The monoisotopic (exact) mass is 259 g/mol. The molecule has 1 aromatic carbocycles. The van der Waals surface area contributed by atoms with Crippen LogP contribution in [0.2, 0.25) is 0 Å². The van der Waals surface area contributed by atoms with Crippen LogP contribution in [0.5, 0.6) is 0 Å². The molecule has 1 N–H and O–H groups in total. The number of carbonyl (C=O) groups excluding carboxylic acids is 1. The van der Waals surface area contributed by atoms with Gasteiger partial charge >= 0.3 is 0 Å². The first-order valence-electron chi connectivity index (χ1n) is 6.43. The van der Waals surface area contributed by atoms with Crippen molar-refractivity contribution in [2.24, 2.45) is 0 Å². The SMILES string of the molecule is CCCCCNC(=O)c1ccccc1-n1cnnn1. The standard InChI is InChI=1S/C13H17N5O/c1-2-3-6-9-14-13(19)11-7-4-5-8-12(11)18-10-15-16-17-18/h4-5,7-8,10H,2-3,6,9H2,1H3,(H,14,19). The molecule has 6 heteroatoms. The molecule has 0 atom stereocenters. The third kappa shape index (κ3) is 3.37.